The first kappa shape index (κ1) is 10.7. The Morgan fingerprint density at radius 3 is 2.57 bits per heavy atom. The highest BCUT2D eigenvalue weighted by atomic mass is 32.3. The minimum absolute atomic E-state index is 0.110. The van der Waals surface area contributed by atoms with E-state index < -0.39 is 16.0 Å². The maximum atomic E-state index is 12.2. The van der Waals surface area contributed by atoms with Gasteiger partial charge >= 0.3 is 10.2 Å². The minimum atomic E-state index is -4.42. The molecule has 0 aliphatic carbocycles. The van der Waals surface area contributed by atoms with Crippen molar-refractivity contribution in [2.24, 2.45) is 0 Å². The zero-order valence-corrected chi connectivity index (χ0v) is 8.22. The summed E-state index contributed by atoms with van der Waals surface area (Å²) in [5, 5.41) is 0. The van der Waals surface area contributed by atoms with Crippen LogP contribution in [0.4, 0.5) is 3.89 Å². The third-order valence-electron chi connectivity index (χ3n) is 1.79. The quantitative estimate of drug-likeness (QED) is 0.562. The van der Waals surface area contributed by atoms with Crippen LogP contribution in [0.5, 0.6) is 0 Å². The average molecular weight is 212 g/mol. The highest BCUT2D eigenvalue weighted by Gasteiger charge is 2.08. The maximum Gasteiger partial charge on any atom is 0.302 e. The Hall–Kier alpha value is -1.34. The SMILES string of the molecule is C#Cc1ccccc1CCS(=O)(=O)F. The van der Waals surface area contributed by atoms with Crippen molar-refractivity contribution in [3.63, 3.8) is 0 Å². The number of hydrogen-bond acceptors (Lipinski definition) is 2. The Morgan fingerprint density at radius 2 is 2.00 bits per heavy atom. The first-order valence-electron chi connectivity index (χ1n) is 4.00. The van der Waals surface area contributed by atoms with E-state index in [1.54, 1.807) is 24.3 Å². The first-order chi connectivity index (χ1) is 6.53. The van der Waals surface area contributed by atoms with Crippen molar-refractivity contribution < 1.29 is 12.3 Å². The van der Waals surface area contributed by atoms with Crippen molar-refractivity contribution in [2.45, 2.75) is 6.42 Å². The van der Waals surface area contributed by atoms with E-state index in [0.29, 0.717) is 11.1 Å². The van der Waals surface area contributed by atoms with Gasteiger partial charge in [-0.15, -0.1) is 10.3 Å². The zero-order valence-electron chi connectivity index (χ0n) is 7.40. The van der Waals surface area contributed by atoms with E-state index in [4.69, 9.17) is 6.42 Å². The summed E-state index contributed by atoms with van der Waals surface area (Å²) in [6.45, 7) is 0. The number of aryl methyl sites for hydroxylation is 1. The van der Waals surface area contributed by atoms with Crippen LogP contribution in [0.25, 0.3) is 0 Å². The minimum Gasteiger partial charge on any atom is -0.195 e. The Bertz CT molecular complexity index is 457. The molecule has 1 aromatic carbocycles. The molecule has 0 saturated carbocycles. The summed E-state index contributed by atoms with van der Waals surface area (Å²) in [6, 6.07) is 6.88. The van der Waals surface area contributed by atoms with E-state index in [2.05, 4.69) is 5.92 Å². The van der Waals surface area contributed by atoms with Gasteiger partial charge in [0.1, 0.15) is 0 Å². The van der Waals surface area contributed by atoms with Crippen LogP contribution in [0, 0.1) is 12.3 Å². The molecule has 0 amide bonds. The van der Waals surface area contributed by atoms with Gasteiger partial charge in [0.15, 0.2) is 0 Å². The molecule has 0 aliphatic rings. The van der Waals surface area contributed by atoms with Gasteiger partial charge in [-0.05, 0) is 18.1 Å². The van der Waals surface area contributed by atoms with Crippen LogP contribution in [-0.4, -0.2) is 14.2 Å². The molecule has 0 unspecified atom stereocenters. The molecule has 1 rings (SSSR count). The van der Waals surface area contributed by atoms with E-state index in [1.165, 1.54) is 0 Å². The lowest BCUT2D eigenvalue weighted by atomic mass is 10.1. The second kappa shape index (κ2) is 4.25. The average Bonchev–Trinajstić information content (AvgIpc) is 2.14. The smallest absolute Gasteiger partial charge is 0.195 e. The summed E-state index contributed by atoms with van der Waals surface area (Å²) in [5.74, 6) is 1.89. The maximum absolute atomic E-state index is 12.2. The molecule has 0 aromatic heterocycles. The molecular formula is C10H9FO2S. The van der Waals surface area contributed by atoms with Crippen molar-refractivity contribution in [2.75, 3.05) is 5.75 Å². The van der Waals surface area contributed by atoms with Crippen LogP contribution >= 0.6 is 0 Å². The van der Waals surface area contributed by atoms with Gasteiger partial charge in [-0.25, -0.2) is 0 Å². The molecule has 0 aliphatic heterocycles. The highest BCUT2D eigenvalue weighted by Crippen LogP contribution is 2.09. The van der Waals surface area contributed by atoms with Crippen LogP contribution in [0.1, 0.15) is 11.1 Å². The summed E-state index contributed by atoms with van der Waals surface area (Å²) in [6.07, 6.45) is 5.31. The predicted octanol–water partition coefficient (Wildman–Crippen LogP) is 1.51. The number of hydrogen-bond donors (Lipinski definition) is 0. The lowest BCUT2D eigenvalue weighted by Crippen LogP contribution is -2.03. The van der Waals surface area contributed by atoms with Gasteiger partial charge in [-0.2, -0.15) is 8.42 Å². The molecule has 0 N–H and O–H groups in total. The van der Waals surface area contributed by atoms with E-state index >= 15 is 0 Å². The number of terminal acetylenes is 1. The Kier molecular flexibility index (Phi) is 3.26. The standard InChI is InChI=1S/C10H9FO2S/c1-2-9-5-3-4-6-10(9)7-8-14(11,12)13/h1,3-6H,7-8H2. The van der Waals surface area contributed by atoms with Gasteiger partial charge < -0.3 is 0 Å². The second-order valence-electron chi connectivity index (χ2n) is 2.79. The molecular weight excluding hydrogens is 203 g/mol. The molecule has 74 valence electrons. The summed E-state index contributed by atoms with van der Waals surface area (Å²) in [7, 11) is -4.42. The van der Waals surface area contributed by atoms with Gasteiger partial charge in [-0.3, -0.25) is 0 Å². The largest absolute Gasteiger partial charge is 0.302 e. The number of rotatable bonds is 3. The zero-order chi connectivity index (χ0) is 10.6. The molecule has 14 heavy (non-hydrogen) atoms. The summed E-state index contributed by atoms with van der Waals surface area (Å²) < 4.78 is 32.8. The van der Waals surface area contributed by atoms with Gasteiger partial charge in [-0.1, -0.05) is 24.1 Å². The van der Waals surface area contributed by atoms with Crippen molar-refractivity contribution in [1.82, 2.24) is 0 Å². The Labute approximate surface area is 83.0 Å². The highest BCUT2D eigenvalue weighted by molar-refractivity contribution is 7.86. The third-order valence-corrected chi connectivity index (χ3v) is 2.48. The van der Waals surface area contributed by atoms with Crippen LogP contribution in [-0.2, 0) is 16.6 Å². The normalized spacial score (nSPS) is 10.9. The summed E-state index contributed by atoms with van der Waals surface area (Å²) in [4.78, 5) is 0. The fourth-order valence-corrected chi connectivity index (χ4v) is 1.57. The Balaban J connectivity index is 2.83. The predicted molar refractivity (Wildman–Crippen MR) is 53.0 cm³/mol. The summed E-state index contributed by atoms with van der Waals surface area (Å²) >= 11 is 0. The lowest BCUT2D eigenvalue weighted by Gasteiger charge is -2.01. The molecule has 4 heteroatoms. The molecule has 0 atom stereocenters. The van der Waals surface area contributed by atoms with Crippen LogP contribution in [0.3, 0.4) is 0 Å². The fraction of sp³-hybridized carbons (Fsp3) is 0.200. The van der Waals surface area contributed by atoms with E-state index in [0.717, 1.165) is 0 Å². The van der Waals surface area contributed by atoms with Crippen molar-refractivity contribution in [1.29, 1.82) is 0 Å². The molecule has 0 bridgehead atoms. The van der Waals surface area contributed by atoms with Crippen molar-refractivity contribution >= 4 is 10.2 Å². The molecule has 2 nitrogen and oxygen atoms in total. The van der Waals surface area contributed by atoms with Crippen LogP contribution in [0.2, 0.25) is 0 Å². The van der Waals surface area contributed by atoms with Crippen LogP contribution < -0.4 is 0 Å². The number of benzene rings is 1. The molecule has 1 aromatic rings. The molecule has 0 saturated heterocycles. The monoisotopic (exact) mass is 212 g/mol. The second-order valence-corrected chi connectivity index (χ2v) is 4.28. The molecule has 0 radical (unpaired) electrons. The summed E-state index contributed by atoms with van der Waals surface area (Å²) in [5.41, 5.74) is 1.28. The molecule has 0 heterocycles. The Morgan fingerprint density at radius 1 is 1.36 bits per heavy atom. The molecule has 0 spiro atoms. The fourth-order valence-electron chi connectivity index (χ4n) is 1.11. The van der Waals surface area contributed by atoms with E-state index in [1.807, 2.05) is 0 Å². The molecule has 0 fully saturated rings. The van der Waals surface area contributed by atoms with Gasteiger partial charge in [0, 0.05) is 5.56 Å². The van der Waals surface area contributed by atoms with E-state index in [9.17, 15) is 12.3 Å². The third kappa shape index (κ3) is 3.19. The van der Waals surface area contributed by atoms with Crippen LogP contribution in [0.15, 0.2) is 24.3 Å². The van der Waals surface area contributed by atoms with E-state index in [-0.39, 0.29) is 6.42 Å². The van der Waals surface area contributed by atoms with Gasteiger partial charge in [0.2, 0.25) is 0 Å². The van der Waals surface area contributed by atoms with Crippen molar-refractivity contribution in [3.8, 4) is 12.3 Å². The first-order valence-corrected chi connectivity index (χ1v) is 5.55. The van der Waals surface area contributed by atoms with Crippen molar-refractivity contribution in [3.05, 3.63) is 35.4 Å². The topological polar surface area (TPSA) is 34.1 Å². The lowest BCUT2D eigenvalue weighted by molar-refractivity contribution is 0.551. The van der Waals surface area contributed by atoms with Gasteiger partial charge in [0.25, 0.3) is 0 Å². The number of halogens is 1. The van der Waals surface area contributed by atoms with Gasteiger partial charge in [0.05, 0.1) is 5.75 Å².